The first kappa shape index (κ1) is 13.8. The Labute approximate surface area is 115 Å². The van der Waals surface area contributed by atoms with Gasteiger partial charge < -0.3 is 20.3 Å². The van der Waals surface area contributed by atoms with Crippen molar-refractivity contribution >= 4 is 23.2 Å². The van der Waals surface area contributed by atoms with E-state index in [0.29, 0.717) is 23.7 Å². The number of rotatable bonds is 4. The summed E-state index contributed by atoms with van der Waals surface area (Å²) in [5.41, 5.74) is 0. The van der Waals surface area contributed by atoms with E-state index in [1.807, 2.05) is 0 Å². The van der Waals surface area contributed by atoms with Gasteiger partial charge in [-0.2, -0.15) is 0 Å². The third-order valence-corrected chi connectivity index (χ3v) is 3.82. The van der Waals surface area contributed by atoms with Crippen molar-refractivity contribution in [1.29, 1.82) is 0 Å². The van der Waals surface area contributed by atoms with Gasteiger partial charge in [0.05, 0.1) is 13.7 Å². The molecule has 0 bridgehead atoms. The lowest BCUT2D eigenvalue weighted by Gasteiger charge is -2.27. The van der Waals surface area contributed by atoms with E-state index in [1.54, 1.807) is 16.3 Å². The maximum Gasteiger partial charge on any atom is 0.265 e. The van der Waals surface area contributed by atoms with Crippen molar-refractivity contribution in [2.75, 3.05) is 39.8 Å². The largest absolute Gasteiger partial charge is 0.495 e. The van der Waals surface area contributed by atoms with Crippen LogP contribution in [0.2, 0.25) is 0 Å². The molecular weight excluding hydrogens is 266 g/mol. The minimum absolute atomic E-state index is 0.0277. The molecule has 104 valence electrons. The fraction of sp³-hybridized carbons (Fsp3) is 0.500. The maximum atomic E-state index is 11.9. The number of hydrogen-bond donors (Lipinski definition) is 2. The Kier molecular flexibility index (Phi) is 4.75. The van der Waals surface area contributed by atoms with Gasteiger partial charge in [0.2, 0.25) is 5.91 Å². The number of methoxy groups -OCH3 is 1. The van der Waals surface area contributed by atoms with E-state index in [0.717, 1.165) is 13.1 Å². The number of nitrogens with one attached hydrogen (secondary N) is 2. The van der Waals surface area contributed by atoms with E-state index in [2.05, 4.69) is 10.6 Å². The standard InChI is InChI=1S/C12H17N3O3S/c1-18-9-2-7-19-11(9)12(17)14-8-10(16)15-5-3-13-4-6-15/h2,7,13H,3-6,8H2,1H3,(H,14,17). The lowest BCUT2D eigenvalue weighted by Crippen LogP contribution is -2.49. The molecule has 1 saturated heterocycles. The average Bonchev–Trinajstić information content (AvgIpc) is 2.93. The van der Waals surface area contributed by atoms with E-state index in [4.69, 9.17) is 4.74 Å². The molecule has 0 saturated carbocycles. The molecular formula is C12H17N3O3S. The van der Waals surface area contributed by atoms with E-state index >= 15 is 0 Å². The lowest BCUT2D eigenvalue weighted by molar-refractivity contribution is -0.130. The van der Waals surface area contributed by atoms with E-state index in [-0.39, 0.29) is 18.4 Å². The Morgan fingerprint density at radius 1 is 1.47 bits per heavy atom. The smallest absolute Gasteiger partial charge is 0.265 e. The highest BCUT2D eigenvalue weighted by atomic mass is 32.1. The molecule has 1 aromatic rings. The summed E-state index contributed by atoms with van der Waals surface area (Å²) in [7, 11) is 1.52. The highest BCUT2D eigenvalue weighted by Gasteiger charge is 2.18. The Bertz CT molecular complexity index is 455. The van der Waals surface area contributed by atoms with Crippen LogP contribution in [-0.2, 0) is 4.79 Å². The highest BCUT2D eigenvalue weighted by molar-refractivity contribution is 7.12. The molecule has 1 aliphatic heterocycles. The fourth-order valence-electron chi connectivity index (χ4n) is 1.89. The zero-order valence-corrected chi connectivity index (χ0v) is 11.6. The number of thiophene rings is 1. The summed E-state index contributed by atoms with van der Waals surface area (Å²) < 4.78 is 5.08. The van der Waals surface area contributed by atoms with Crippen LogP contribution in [0.1, 0.15) is 9.67 Å². The third-order valence-electron chi connectivity index (χ3n) is 2.93. The molecule has 1 aromatic heterocycles. The van der Waals surface area contributed by atoms with E-state index in [9.17, 15) is 9.59 Å². The minimum Gasteiger partial charge on any atom is -0.495 e. The van der Waals surface area contributed by atoms with Gasteiger partial charge in [0, 0.05) is 26.2 Å². The quantitative estimate of drug-likeness (QED) is 0.811. The summed E-state index contributed by atoms with van der Waals surface area (Å²) >= 11 is 1.30. The zero-order chi connectivity index (χ0) is 13.7. The zero-order valence-electron chi connectivity index (χ0n) is 10.8. The highest BCUT2D eigenvalue weighted by Crippen LogP contribution is 2.23. The van der Waals surface area contributed by atoms with Crippen LogP contribution >= 0.6 is 11.3 Å². The van der Waals surface area contributed by atoms with Crippen molar-refractivity contribution in [2.45, 2.75) is 0 Å². The molecule has 1 fully saturated rings. The van der Waals surface area contributed by atoms with Crippen LogP contribution in [0.5, 0.6) is 5.75 Å². The van der Waals surface area contributed by atoms with Crippen molar-refractivity contribution < 1.29 is 14.3 Å². The van der Waals surface area contributed by atoms with Gasteiger partial charge in [-0.3, -0.25) is 9.59 Å². The first-order chi connectivity index (χ1) is 9.22. The summed E-state index contributed by atoms with van der Waals surface area (Å²) in [5.74, 6) is 0.220. The molecule has 0 unspecified atom stereocenters. The molecule has 2 rings (SSSR count). The molecule has 0 atom stereocenters. The van der Waals surface area contributed by atoms with Crippen LogP contribution in [0.4, 0.5) is 0 Å². The lowest BCUT2D eigenvalue weighted by atomic mass is 10.3. The summed E-state index contributed by atoms with van der Waals surface area (Å²) in [4.78, 5) is 26.0. The molecule has 0 aliphatic carbocycles. The molecule has 2 heterocycles. The normalized spacial score (nSPS) is 15.1. The topological polar surface area (TPSA) is 70.7 Å². The van der Waals surface area contributed by atoms with Crippen molar-refractivity contribution in [3.8, 4) is 5.75 Å². The summed E-state index contributed by atoms with van der Waals surface area (Å²) in [6.45, 7) is 3.02. The molecule has 0 aromatic carbocycles. The Morgan fingerprint density at radius 3 is 2.89 bits per heavy atom. The average molecular weight is 283 g/mol. The number of amides is 2. The Balaban J connectivity index is 1.84. The van der Waals surface area contributed by atoms with Crippen molar-refractivity contribution in [2.24, 2.45) is 0 Å². The number of piperazine rings is 1. The van der Waals surface area contributed by atoms with E-state index < -0.39 is 0 Å². The maximum absolute atomic E-state index is 11.9. The minimum atomic E-state index is -0.268. The second kappa shape index (κ2) is 6.53. The number of carbonyl (C=O) groups excluding carboxylic acids is 2. The summed E-state index contributed by atoms with van der Waals surface area (Å²) in [5, 5.41) is 7.60. The second-order valence-corrected chi connectivity index (χ2v) is 5.05. The van der Waals surface area contributed by atoms with Crippen LogP contribution in [0.25, 0.3) is 0 Å². The molecule has 0 radical (unpaired) electrons. The van der Waals surface area contributed by atoms with Crippen LogP contribution < -0.4 is 15.4 Å². The molecule has 0 spiro atoms. The Hall–Kier alpha value is -1.60. The molecule has 7 heteroatoms. The van der Waals surface area contributed by atoms with Crippen LogP contribution in [-0.4, -0.2) is 56.5 Å². The van der Waals surface area contributed by atoms with Crippen molar-refractivity contribution in [1.82, 2.24) is 15.5 Å². The predicted octanol–water partition coefficient (Wildman–Crippen LogP) is -0.0817. The molecule has 6 nitrogen and oxygen atoms in total. The summed E-state index contributed by atoms with van der Waals surface area (Å²) in [6.07, 6.45) is 0. The van der Waals surface area contributed by atoms with Gasteiger partial charge in [-0.15, -0.1) is 11.3 Å². The van der Waals surface area contributed by atoms with Crippen molar-refractivity contribution in [3.63, 3.8) is 0 Å². The number of carbonyl (C=O) groups is 2. The SMILES string of the molecule is COc1ccsc1C(=O)NCC(=O)N1CCNCC1. The van der Waals surface area contributed by atoms with Gasteiger partial charge in [0.25, 0.3) is 5.91 Å². The van der Waals surface area contributed by atoms with Crippen molar-refractivity contribution in [3.05, 3.63) is 16.3 Å². The summed E-state index contributed by atoms with van der Waals surface area (Å²) in [6, 6.07) is 1.73. The second-order valence-electron chi connectivity index (χ2n) is 4.13. The van der Waals surface area contributed by atoms with Gasteiger partial charge >= 0.3 is 0 Å². The van der Waals surface area contributed by atoms with Crippen LogP contribution in [0.15, 0.2) is 11.4 Å². The molecule has 2 N–H and O–H groups in total. The monoisotopic (exact) mass is 283 g/mol. The third kappa shape index (κ3) is 3.45. The van der Waals surface area contributed by atoms with Crippen LogP contribution in [0, 0.1) is 0 Å². The number of ether oxygens (including phenoxy) is 1. The van der Waals surface area contributed by atoms with Gasteiger partial charge in [-0.05, 0) is 11.4 Å². The first-order valence-electron chi connectivity index (χ1n) is 6.10. The van der Waals surface area contributed by atoms with Gasteiger partial charge in [0.15, 0.2) is 0 Å². The fourth-order valence-corrected chi connectivity index (χ4v) is 2.66. The first-order valence-corrected chi connectivity index (χ1v) is 6.98. The molecule has 1 aliphatic rings. The van der Waals surface area contributed by atoms with Gasteiger partial charge in [-0.1, -0.05) is 0 Å². The number of hydrogen-bond acceptors (Lipinski definition) is 5. The number of nitrogens with zero attached hydrogens (tertiary/aromatic N) is 1. The molecule has 19 heavy (non-hydrogen) atoms. The molecule has 2 amide bonds. The predicted molar refractivity (Wildman–Crippen MR) is 72.7 cm³/mol. The van der Waals surface area contributed by atoms with Crippen LogP contribution in [0.3, 0.4) is 0 Å². The Morgan fingerprint density at radius 2 is 2.21 bits per heavy atom. The van der Waals surface area contributed by atoms with Gasteiger partial charge in [0.1, 0.15) is 10.6 Å². The van der Waals surface area contributed by atoms with Gasteiger partial charge in [-0.25, -0.2) is 0 Å². The van der Waals surface area contributed by atoms with E-state index in [1.165, 1.54) is 18.4 Å².